The molecule has 0 aromatic heterocycles. The van der Waals surface area contributed by atoms with E-state index in [0.29, 0.717) is 0 Å². The van der Waals surface area contributed by atoms with E-state index in [-0.39, 0.29) is 11.4 Å². The Labute approximate surface area is 156 Å². The van der Waals surface area contributed by atoms with Crippen molar-refractivity contribution in [3.8, 4) is 0 Å². The lowest BCUT2D eigenvalue weighted by molar-refractivity contribution is -0.132. The maximum atomic E-state index is 12.4. The van der Waals surface area contributed by atoms with Crippen LogP contribution in [-0.4, -0.2) is 34.3 Å². The molecule has 1 unspecified atom stereocenters. The second kappa shape index (κ2) is 7.24. The van der Waals surface area contributed by atoms with Gasteiger partial charge in [0.05, 0.1) is 0 Å². The summed E-state index contributed by atoms with van der Waals surface area (Å²) in [5.41, 5.74) is 4.13. The van der Waals surface area contributed by atoms with E-state index >= 15 is 0 Å². The van der Waals surface area contributed by atoms with E-state index in [1.54, 1.807) is 6.92 Å². The summed E-state index contributed by atoms with van der Waals surface area (Å²) in [6, 6.07) is 19.4. The minimum Gasteiger partial charge on any atom is -0.337 e. The molecule has 1 amide bonds. The Morgan fingerprint density at radius 3 is 2.50 bits per heavy atom. The summed E-state index contributed by atoms with van der Waals surface area (Å²) in [5.74, 6) is 0.186. The molecular weight excluding hydrogens is 320 g/mol. The molecule has 0 N–H and O–H groups in total. The molecule has 2 aliphatic heterocycles. The van der Waals surface area contributed by atoms with Crippen molar-refractivity contribution >= 4 is 5.91 Å². The highest BCUT2D eigenvalue weighted by atomic mass is 16.2. The van der Waals surface area contributed by atoms with Crippen LogP contribution in [0.5, 0.6) is 0 Å². The molecule has 3 heteroatoms. The first-order valence-electron chi connectivity index (χ1n) is 9.78. The molecule has 136 valence electrons. The van der Waals surface area contributed by atoms with Gasteiger partial charge in [0.1, 0.15) is 0 Å². The van der Waals surface area contributed by atoms with Crippen LogP contribution in [0.2, 0.25) is 0 Å². The maximum Gasteiger partial charge on any atom is 0.219 e. The molecule has 2 aromatic rings. The quantitative estimate of drug-likeness (QED) is 0.818. The lowest BCUT2D eigenvalue weighted by Gasteiger charge is -2.48. The second-order valence-electron chi connectivity index (χ2n) is 7.91. The van der Waals surface area contributed by atoms with Gasteiger partial charge in [-0.05, 0) is 42.5 Å². The van der Waals surface area contributed by atoms with Crippen LogP contribution in [0.4, 0.5) is 0 Å². The molecule has 2 heterocycles. The number of likely N-dealkylation sites (tertiary alicyclic amines) is 1. The summed E-state index contributed by atoms with van der Waals surface area (Å²) in [4.78, 5) is 17.1. The highest BCUT2D eigenvalue weighted by Crippen LogP contribution is 2.37. The molecule has 0 saturated carbocycles. The van der Waals surface area contributed by atoms with Crippen molar-refractivity contribution in [3.05, 3.63) is 71.3 Å². The van der Waals surface area contributed by atoms with Gasteiger partial charge in [0.15, 0.2) is 0 Å². The van der Waals surface area contributed by atoms with Crippen LogP contribution in [0, 0.1) is 0 Å². The van der Waals surface area contributed by atoms with Gasteiger partial charge < -0.3 is 4.90 Å². The fourth-order valence-corrected chi connectivity index (χ4v) is 4.72. The lowest BCUT2D eigenvalue weighted by atomic mass is 9.80. The molecule has 1 spiro atoms. The lowest BCUT2D eigenvalue weighted by Crippen LogP contribution is -2.58. The molecule has 0 aliphatic carbocycles. The molecule has 2 aromatic carbocycles. The Kier molecular flexibility index (Phi) is 4.82. The van der Waals surface area contributed by atoms with E-state index in [0.717, 1.165) is 39.0 Å². The van der Waals surface area contributed by atoms with Crippen LogP contribution >= 0.6 is 0 Å². The summed E-state index contributed by atoms with van der Waals surface area (Å²) in [7, 11) is 0. The van der Waals surface area contributed by atoms with Crippen LogP contribution in [-0.2, 0) is 24.3 Å². The number of hydrogen-bond donors (Lipinski definition) is 0. The van der Waals surface area contributed by atoms with E-state index in [9.17, 15) is 4.79 Å². The minimum absolute atomic E-state index is 0.0480. The van der Waals surface area contributed by atoms with Gasteiger partial charge >= 0.3 is 0 Å². The number of amides is 1. The van der Waals surface area contributed by atoms with Crippen molar-refractivity contribution in [2.45, 2.75) is 51.2 Å². The fourth-order valence-electron chi connectivity index (χ4n) is 4.72. The van der Waals surface area contributed by atoms with E-state index in [4.69, 9.17) is 0 Å². The van der Waals surface area contributed by atoms with Crippen LogP contribution in [0.3, 0.4) is 0 Å². The Hall–Kier alpha value is -2.13. The van der Waals surface area contributed by atoms with Crippen molar-refractivity contribution in [1.82, 2.24) is 9.80 Å². The zero-order chi connectivity index (χ0) is 18.0. The summed E-state index contributed by atoms with van der Waals surface area (Å²) in [6.07, 6.45) is 4.70. The van der Waals surface area contributed by atoms with Crippen LogP contribution in [0.1, 0.15) is 42.9 Å². The average Bonchev–Trinajstić information content (AvgIpc) is 2.82. The van der Waals surface area contributed by atoms with E-state index < -0.39 is 0 Å². The third kappa shape index (κ3) is 3.41. The van der Waals surface area contributed by atoms with E-state index in [1.165, 1.54) is 29.5 Å². The number of hydrogen-bond acceptors (Lipinski definition) is 2. The van der Waals surface area contributed by atoms with Gasteiger partial charge in [0, 0.05) is 32.1 Å². The molecule has 2 aliphatic rings. The number of nitrogens with zero attached hydrogens (tertiary/aromatic N) is 2. The number of fused-ring (bicyclic) bond motifs is 1. The van der Waals surface area contributed by atoms with Gasteiger partial charge in [-0.1, -0.05) is 61.0 Å². The fraction of sp³-hybridized carbons (Fsp3) is 0.435. The first kappa shape index (κ1) is 17.3. The predicted molar refractivity (Wildman–Crippen MR) is 105 cm³/mol. The predicted octanol–water partition coefficient (Wildman–Crippen LogP) is 4.02. The van der Waals surface area contributed by atoms with Crippen LogP contribution in [0.25, 0.3) is 0 Å². The molecule has 0 bridgehead atoms. The Morgan fingerprint density at radius 2 is 1.73 bits per heavy atom. The Morgan fingerprint density at radius 1 is 1.00 bits per heavy atom. The number of carbonyl (C=O) groups excluding carboxylic acids is 1. The molecule has 26 heavy (non-hydrogen) atoms. The Balaban J connectivity index is 1.71. The molecule has 1 saturated heterocycles. The molecule has 1 atom stereocenters. The monoisotopic (exact) mass is 348 g/mol. The molecule has 1 fully saturated rings. The number of carbonyl (C=O) groups is 1. The topological polar surface area (TPSA) is 23.6 Å². The van der Waals surface area contributed by atoms with Crippen LogP contribution < -0.4 is 0 Å². The van der Waals surface area contributed by atoms with Gasteiger partial charge in [-0.2, -0.15) is 0 Å². The summed E-state index contributed by atoms with van der Waals surface area (Å²) < 4.78 is 0. The highest BCUT2D eigenvalue weighted by molar-refractivity contribution is 5.73. The maximum absolute atomic E-state index is 12.4. The minimum atomic E-state index is 0.0480. The normalized spacial score (nSPS) is 23.5. The van der Waals surface area contributed by atoms with Crippen molar-refractivity contribution < 1.29 is 4.79 Å². The van der Waals surface area contributed by atoms with Gasteiger partial charge in [-0.3, -0.25) is 9.69 Å². The summed E-state index contributed by atoms with van der Waals surface area (Å²) in [6.45, 7) is 5.37. The van der Waals surface area contributed by atoms with Gasteiger partial charge in [-0.15, -0.1) is 0 Å². The third-order valence-electron chi connectivity index (χ3n) is 6.14. The highest BCUT2D eigenvalue weighted by Gasteiger charge is 2.42. The standard InChI is InChI=1S/C23H28N2O/c1-19(26)24-17-22-12-6-5-11-21(22)15-23(18-24)13-7-8-14-25(23)16-20-9-3-2-4-10-20/h2-6,9-12H,7-8,13-18H2,1H3. The first-order chi connectivity index (χ1) is 12.7. The molecule has 3 nitrogen and oxygen atoms in total. The number of benzene rings is 2. The zero-order valence-corrected chi connectivity index (χ0v) is 15.7. The number of piperidine rings is 1. The second-order valence-corrected chi connectivity index (χ2v) is 7.91. The smallest absolute Gasteiger partial charge is 0.219 e. The van der Waals surface area contributed by atoms with Crippen molar-refractivity contribution in [3.63, 3.8) is 0 Å². The van der Waals surface area contributed by atoms with Gasteiger partial charge in [-0.25, -0.2) is 0 Å². The molecule has 0 radical (unpaired) electrons. The number of rotatable bonds is 2. The average molecular weight is 348 g/mol. The van der Waals surface area contributed by atoms with Gasteiger partial charge in [0.25, 0.3) is 0 Å². The largest absolute Gasteiger partial charge is 0.337 e. The van der Waals surface area contributed by atoms with E-state index in [1.807, 2.05) is 0 Å². The van der Waals surface area contributed by atoms with Crippen molar-refractivity contribution in [2.75, 3.05) is 13.1 Å². The molecular formula is C23H28N2O. The first-order valence-corrected chi connectivity index (χ1v) is 9.78. The van der Waals surface area contributed by atoms with Crippen molar-refractivity contribution in [1.29, 1.82) is 0 Å². The third-order valence-corrected chi connectivity index (χ3v) is 6.14. The molecule has 4 rings (SSSR count). The zero-order valence-electron chi connectivity index (χ0n) is 15.7. The van der Waals surface area contributed by atoms with Crippen molar-refractivity contribution in [2.24, 2.45) is 0 Å². The SMILES string of the molecule is CC(=O)N1Cc2ccccc2CC2(CCCCN2Cc2ccccc2)C1. The van der Waals surface area contributed by atoms with Gasteiger partial charge in [0.2, 0.25) is 5.91 Å². The Bertz CT molecular complexity index is 773. The van der Waals surface area contributed by atoms with E-state index in [2.05, 4.69) is 64.4 Å². The summed E-state index contributed by atoms with van der Waals surface area (Å²) >= 11 is 0. The summed E-state index contributed by atoms with van der Waals surface area (Å²) in [5, 5.41) is 0. The van der Waals surface area contributed by atoms with Crippen LogP contribution in [0.15, 0.2) is 54.6 Å².